The van der Waals surface area contributed by atoms with Gasteiger partial charge in [0.1, 0.15) is 16.5 Å². The summed E-state index contributed by atoms with van der Waals surface area (Å²) < 4.78 is 13.6. The molecule has 0 spiro atoms. The van der Waals surface area contributed by atoms with Gasteiger partial charge in [0.25, 0.3) is 5.56 Å². The van der Waals surface area contributed by atoms with Crippen LogP contribution in [0.2, 0.25) is 0 Å². The van der Waals surface area contributed by atoms with E-state index in [1.807, 2.05) is 0 Å². The molecule has 7 heteroatoms. The molecule has 0 saturated carbocycles. The highest BCUT2D eigenvalue weighted by molar-refractivity contribution is 7.18. The summed E-state index contributed by atoms with van der Waals surface area (Å²) in [5, 5.41) is 3.17. The lowest BCUT2D eigenvalue weighted by Gasteiger charge is -2.09. The zero-order chi connectivity index (χ0) is 17.4. The van der Waals surface area contributed by atoms with Crippen LogP contribution in [0.25, 0.3) is 10.2 Å². The Hall–Kier alpha value is -2.54. The third-order valence-corrected chi connectivity index (χ3v) is 5.54. The first-order chi connectivity index (χ1) is 12.1. The first kappa shape index (κ1) is 16.0. The maximum absolute atomic E-state index is 13.6. The number of para-hydroxylation sites is 1. The van der Waals surface area contributed by atoms with Crippen LogP contribution in [0.3, 0.4) is 0 Å². The molecule has 0 unspecified atom stereocenters. The SMILES string of the molecule is O=C(Cc1nc2sc3c(c2c(=O)[nH]1)CCCC3)Nc1ccccc1F. The lowest BCUT2D eigenvalue weighted by atomic mass is 9.97. The molecule has 2 N–H and O–H groups in total. The Morgan fingerprint density at radius 1 is 1.28 bits per heavy atom. The van der Waals surface area contributed by atoms with Crippen molar-refractivity contribution < 1.29 is 9.18 Å². The standard InChI is InChI=1S/C18H16FN3O2S/c19-11-6-2-3-7-12(11)20-15(23)9-14-21-17(24)16-10-5-1-4-8-13(10)25-18(16)22-14/h2-3,6-7H,1,4-5,8-9H2,(H,20,23)(H,21,22,24). The zero-order valence-electron chi connectivity index (χ0n) is 13.4. The van der Waals surface area contributed by atoms with Crippen LogP contribution in [-0.2, 0) is 24.1 Å². The molecule has 25 heavy (non-hydrogen) atoms. The number of halogens is 1. The summed E-state index contributed by atoms with van der Waals surface area (Å²) in [4.78, 5) is 33.7. The first-order valence-corrected chi connectivity index (χ1v) is 9.01. The third kappa shape index (κ3) is 3.07. The molecule has 1 amide bonds. The maximum atomic E-state index is 13.6. The number of hydrogen-bond donors (Lipinski definition) is 2. The summed E-state index contributed by atoms with van der Waals surface area (Å²) in [5.74, 6) is -0.627. The maximum Gasteiger partial charge on any atom is 0.259 e. The Bertz CT molecular complexity index is 1020. The number of thiophene rings is 1. The van der Waals surface area contributed by atoms with Crippen molar-refractivity contribution >= 4 is 33.1 Å². The molecule has 1 aliphatic rings. The quantitative estimate of drug-likeness (QED) is 0.756. The van der Waals surface area contributed by atoms with Crippen LogP contribution in [0.15, 0.2) is 29.1 Å². The number of nitrogens with zero attached hydrogens (tertiary/aromatic N) is 1. The molecule has 2 heterocycles. The Morgan fingerprint density at radius 2 is 2.08 bits per heavy atom. The van der Waals surface area contributed by atoms with Crippen LogP contribution >= 0.6 is 11.3 Å². The Labute approximate surface area is 146 Å². The fourth-order valence-corrected chi connectivity index (χ4v) is 4.48. The summed E-state index contributed by atoms with van der Waals surface area (Å²) >= 11 is 1.54. The molecule has 0 atom stereocenters. The number of hydrogen-bond acceptors (Lipinski definition) is 4. The predicted molar refractivity (Wildman–Crippen MR) is 95.6 cm³/mol. The number of benzene rings is 1. The van der Waals surface area contributed by atoms with Crippen molar-refractivity contribution in [2.75, 3.05) is 5.32 Å². The first-order valence-electron chi connectivity index (χ1n) is 8.19. The average molecular weight is 357 g/mol. The summed E-state index contributed by atoms with van der Waals surface area (Å²) in [5.41, 5.74) is 1.03. The van der Waals surface area contributed by atoms with E-state index in [-0.39, 0.29) is 17.7 Å². The number of rotatable bonds is 3. The number of carbonyl (C=O) groups is 1. The summed E-state index contributed by atoms with van der Waals surface area (Å²) in [6.45, 7) is 0. The largest absolute Gasteiger partial charge is 0.323 e. The molecule has 0 aliphatic heterocycles. The molecule has 5 nitrogen and oxygen atoms in total. The number of amides is 1. The molecule has 3 aromatic rings. The van der Waals surface area contributed by atoms with Gasteiger partial charge in [-0.25, -0.2) is 9.37 Å². The summed E-state index contributed by atoms with van der Waals surface area (Å²) in [6.07, 6.45) is 4.01. The van der Waals surface area contributed by atoms with Crippen LogP contribution in [0, 0.1) is 5.82 Å². The Morgan fingerprint density at radius 3 is 2.92 bits per heavy atom. The zero-order valence-corrected chi connectivity index (χ0v) is 14.2. The van der Waals surface area contributed by atoms with Gasteiger partial charge in [-0.15, -0.1) is 11.3 Å². The molecule has 0 bridgehead atoms. The van der Waals surface area contributed by atoms with Crippen LogP contribution < -0.4 is 10.9 Å². The number of fused-ring (bicyclic) bond motifs is 3. The Kier molecular flexibility index (Phi) is 4.09. The molecule has 1 aromatic carbocycles. The second-order valence-corrected chi connectivity index (χ2v) is 7.19. The highest BCUT2D eigenvalue weighted by atomic mass is 32.1. The van der Waals surface area contributed by atoms with Crippen molar-refractivity contribution in [2.24, 2.45) is 0 Å². The normalized spacial score (nSPS) is 13.6. The van der Waals surface area contributed by atoms with Gasteiger partial charge in [0.05, 0.1) is 17.5 Å². The molecular weight excluding hydrogens is 341 g/mol. The van der Waals surface area contributed by atoms with Gasteiger partial charge in [-0.1, -0.05) is 12.1 Å². The minimum absolute atomic E-state index is 0.109. The summed E-state index contributed by atoms with van der Waals surface area (Å²) in [7, 11) is 0. The third-order valence-electron chi connectivity index (χ3n) is 4.35. The summed E-state index contributed by atoms with van der Waals surface area (Å²) in [6, 6.07) is 5.95. The number of nitrogens with one attached hydrogen (secondary N) is 2. The van der Waals surface area contributed by atoms with Gasteiger partial charge >= 0.3 is 0 Å². The van der Waals surface area contributed by atoms with Gasteiger partial charge in [0.2, 0.25) is 5.91 Å². The van der Waals surface area contributed by atoms with E-state index >= 15 is 0 Å². The van der Waals surface area contributed by atoms with Gasteiger partial charge in [-0.2, -0.15) is 0 Å². The molecule has 2 aromatic heterocycles. The second kappa shape index (κ2) is 6.40. The van der Waals surface area contributed by atoms with Crippen molar-refractivity contribution in [3.8, 4) is 0 Å². The fourth-order valence-electron chi connectivity index (χ4n) is 3.20. The van der Waals surface area contributed by atoms with Crippen molar-refractivity contribution in [3.05, 3.63) is 56.7 Å². The Balaban J connectivity index is 1.61. The molecule has 128 valence electrons. The molecule has 4 rings (SSSR count). The number of H-pyrrole nitrogens is 1. The molecule has 0 radical (unpaired) electrons. The van der Waals surface area contributed by atoms with E-state index < -0.39 is 11.7 Å². The molecule has 1 aliphatic carbocycles. The van der Waals surface area contributed by atoms with E-state index in [2.05, 4.69) is 15.3 Å². The number of carbonyl (C=O) groups excluding carboxylic acids is 1. The van der Waals surface area contributed by atoms with E-state index in [1.54, 1.807) is 12.1 Å². The molecular formula is C18H16FN3O2S. The highest BCUT2D eigenvalue weighted by Gasteiger charge is 2.20. The van der Waals surface area contributed by atoms with Gasteiger partial charge in [0, 0.05) is 4.88 Å². The number of anilines is 1. The van der Waals surface area contributed by atoms with E-state index in [9.17, 15) is 14.0 Å². The van der Waals surface area contributed by atoms with Crippen molar-refractivity contribution in [3.63, 3.8) is 0 Å². The molecule has 0 fully saturated rings. The minimum atomic E-state index is -0.501. The number of aromatic amines is 1. The van der Waals surface area contributed by atoms with Crippen LogP contribution in [0.4, 0.5) is 10.1 Å². The monoisotopic (exact) mass is 357 g/mol. The minimum Gasteiger partial charge on any atom is -0.323 e. The van der Waals surface area contributed by atoms with Gasteiger partial charge < -0.3 is 10.3 Å². The van der Waals surface area contributed by atoms with Crippen LogP contribution in [0.1, 0.15) is 29.1 Å². The van der Waals surface area contributed by atoms with Gasteiger partial charge in [0.15, 0.2) is 0 Å². The van der Waals surface area contributed by atoms with Crippen LogP contribution in [-0.4, -0.2) is 15.9 Å². The fraction of sp³-hybridized carbons (Fsp3) is 0.278. The van der Waals surface area contributed by atoms with E-state index in [4.69, 9.17) is 0 Å². The lowest BCUT2D eigenvalue weighted by Crippen LogP contribution is -2.20. The average Bonchev–Trinajstić information content (AvgIpc) is 2.95. The van der Waals surface area contributed by atoms with E-state index in [0.29, 0.717) is 16.0 Å². The van der Waals surface area contributed by atoms with Gasteiger partial charge in [-0.3, -0.25) is 9.59 Å². The number of aromatic nitrogens is 2. The smallest absolute Gasteiger partial charge is 0.259 e. The molecule has 0 saturated heterocycles. The topological polar surface area (TPSA) is 74.8 Å². The van der Waals surface area contributed by atoms with Crippen LogP contribution in [0.5, 0.6) is 0 Å². The second-order valence-electron chi connectivity index (χ2n) is 6.11. The van der Waals surface area contributed by atoms with Crippen molar-refractivity contribution in [1.29, 1.82) is 0 Å². The predicted octanol–water partition coefficient (Wildman–Crippen LogP) is 3.18. The number of aryl methyl sites for hydroxylation is 2. The lowest BCUT2D eigenvalue weighted by molar-refractivity contribution is -0.115. The van der Waals surface area contributed by atoms with Crippen molar-refractivity contribution in [1.82, 2.24) is 9.97 Å². The van der Waals surface area contributed by atoms with Crippen molar-refractivity contribution in [2.45, 2.75) is 32.1 Å². The van der Waals surface area contributed by atoms with E-state index in [0.717, 1.165) is 31.2 Å². The highest BCUT2D eigenvalue weighted by Crippen LogP contribution is 2.33. The van der Waals surface area contributed by atoms with Gasteiger partial charge in [-0.05, 0) is 43.4 Å². The van der Waals surface area contributed by atoms with E-state index in [1.165, 1.54) is 28.3 Å².